The molecule has 2 aromatic carbocycles. The number of nitrogens with zero attached hydrogens (tertiary/aromatic N) is 2. The van der Waals surface area contributed by atoms with E-state index in [0.29, 0.717) is 29.4 Å². The lowest BCUT2D eigenvalue weighted by Crippen LogP contribution is -2.50. The van der Waals surface area contributed by atoms with Gasteiger partial charge in [-0.05, 0) is 42.5 Å². The second-order valence-electron chi connectivity index (χ2n) is 6.50. The van der Waals surface area contributed by atoms with E-state index >= 15 is 0 Å². The van der Waals surface area contributed by atoms with Crippen molar-refractivity contribution in [2.75, 3.05) is 33.3 Å². The van der Waals surface area contributed by atoms with Crippen LogP contribution >= 0.6 is 11.6 Å². The normalized spacial score (nSPS) is 14.7. The molecule has 0 spiro atoms. The van der Waals surface area contributed by atoms with Gasteiger partial charge in [0.05, 0.1) is 18.2 Å². The minimum atomic E-state index is -4.45. The molecule has 9 heteroatoms. The molecule has 154 valence electrons. The molecule has 0 radical (unpaired) electrons. The van der Waals surface area contributed by atoms with E-state index in [2.05, 4.69) is 0 Å². The molecule has 1 fully saturated rings. The van der Waals surface area contributed by atoms with Crippen molar-refractivity contribution in [3.8, 4) is 5.75 Å². The predicted molar refractivity (Wildman–Crippen MR) is 101 cm³/mol. The van der Waals surface area contributed by atoms with Gasteiger partial charge in [-0.1, -0.05) is 11.6 Å². The summed E-state index contributed by atoms with van der Waals surface area (Å²) in [5.41, 5.74) is -0.295. The smallest absolute Gasteiger partial charge is 0.416 e. The Bertz CT molecular complexity index is 908. The Balaban J connectivity index is 1.65. The SMILES string of the molecule is COc1ccc(Cl)cc1C(=O)N1CCN(C(=O)c2ccc(C(F)(F)F)cc2)CC1. The molecule has 0 atom stereocenters. The molecule has 5 nitrogen and oxygen atoms in total. The number of benzene rings is 2. The summed E-state index contributed by atoms with van der Waals surface area (Å²) in [4.78, 5) is 28.4. The number of ether oxygens (including phenoxy) is 1. The van der Waals surface area contributed by atoms with Crippen LogP contribution in [-0.2, 0) is 6.18 Å². The number of halogens is 4. The predicted octanol–water partition coefficient (Wildman–Crippen LogP) is 3.97. The molecule has 0 N–H and O–H groups in total. The lowest BCUT2D eigenvalue weighted by atomic mass is 10.1. The zero-order valence-corrected chi connectivity index (χ0v) is 16.3. The summed E-state index contributed by atoms with van der Waals surface area (Å²) in [6.07, 6.45) is -4.45. The topological polar surface area (TPSA) is 49.9 Å². The second kappa shape index (κ2) is 8.32. The Morgan fingerprint density at radius 1 is 0.931 bits per heavy atom. The molecular weight excluding hydrogens is 409 g/mol. The van der Waals surface area contributed by atoms with Gasteiger partial charge in [-0.3, -0.25) is 9.59 Å². The third-order valence-corrected chi connectivity index (χ3v) is 4.94. The first-order valence-electron chi connectivity index (χ1n) is 8.80. The van der Waals surface area contributed by atoms with Crippen molar-refractivity contribution >= 4 is 23.4 Å². The highest BCUT2D eigenvalue weighted by molar-refractivity contribution is 6.31. The Kier molecular flexibility index (Phi) is 6.02. The fourth-order valence-electron chi connectivity index (χ4n) is 3.11. The average molecular weight is 427 g/mol. The van der Waals surface area contributed by atoms with Gasteiger partial charge in [0.2, 0.25) is 0 Å². The molecule has 1 heterocycles. The quantitative estimate of drug-likeness (QED) is 0.746. The standard InChI is InChI=1S/C20H18ClF3N2O3/c1-29-17-7-6-15(21)12-16(17)19(28)26-10-8-25(9-11-26)18(27)13-2-4-14(5-3-13)20(22,23)24/h2-7,12H,8-11H2,1H3. The van der Waals surface area contributed by atoms with Crippen molar-refractivity contribution in [3.05, 3.63) is 64.2 Å². The molecule has 0 aromatic heterocycles. The van der Waals surface area contributed by atoms with E-state index in [-0.39, 0.29) is 30.5 Å². The number of carbonyl (C=O) groups excluding carboxylic acids is 2. The van der Waals surface area contributed by atoms with Crippen molar-refractivity contribution in [1.82, 2.24) is 9.80 Å². The summed E-state index contributed by atoms with van der Waals surface area (Å²) in [5, 5.41) is 0.408. The fraction of sp³-hybridized carbons (Fsp3) is 0.300. The maximum Gasteiger partial charge on any atom is 0.416 e. The highest BCUT2D eigenvalue weighted by Gasteiger charge is 2.31. The maximum atomic E-state index is 12.8. The monoisotopic (exact) mass is 426 g/mol. The molecule has 1 aliphatic rings. The Morgan fingerprint density at radius 2 is 1.48 bits per heavy atom. The molecule has 0 unspecified atom stereocenters. The molecule has 1 aliphatic heterocycles. The zero-order valence-electron chi connectivity index (χ0n) is 15.5. The van der Waals surface area contributed by atoms with E-state index in [1.54, 1.807) is 17.0 Å². The summed E-state index contributed by atoms with van der Waals surface area (Å²) in [6.45, 7) is 1.13. The summed E-state index contributed by atoms with van der Waals surface area (Å²) in [6, 6.07) is 8.87. The van der Waals surface area contributed by atoms with Crippen molar-refractivity contribution in [1.29, 1.82) is 0 Å². The second-order valence-corrected chi connectivity index (χ2v) is 6.94. The van der Waals surface area contributed by atoms with Crippen LogP contribution in [0, 0.1) is 0 Å². The van der Waals surface area contributed by atoms with Gasteiger partial charge in [-0.2, -0.15) is 13.2 Å². The summed E-state index contributed by atoms with van der Waals surface area (Å²) in [7, 11) is 1.46. The molecule has 2 amide bonds. The third kappa shape index (κ3) is 4.64. The number of piperazine rings is 1. The van der Waals surface area contributed by atoms with Crippen LogP contribution in [0.1, 0.15) is 26.3 Å². The number of hydrogen-bond donors (Lipinski definition) is 0. The maximum absolute atomic E-state index is 12.8. The van der Waals surface area contributed by atoms with Gasteiger partial charge in [0.25, 0.3) is 11.8 Å². The van der Waals surface area contributed by atoms with Crippen molar-refractivity contribution in [2.45, 2.75) is 6.18 Å². The fourth-order valence-corrected chi connectivity index (χ4v) is 3.29. The van der Waals surface area contributed by atoms with E-state index < -0.39 is 11.7 Å². The number of hydrogen-bond acceptors (Lipinski definition) is 3. The first kappa shape index (κ1) is 21.0. The van der Waals surface area contributed by atoms with Crippen LogP contribution in [0.25, 0.3) is 0 Å². The summed E-state index contributed by atoms with van der Waals surface area (Å²) in [5.74, 6) is -0.222. The van der Waals surface area contributed by atoms with E-state index in [1.807, 2.05) is 0 Å². The number of amides is 2. The molecule has 29 heavy (non-hydrogen) atoms. The first-order valence-corrected chi connectivity index (χ1v) is 9.18. The minimum Gasteiger partial charge on any atom is -0.496 e. The highest BCUT2D eigenvalue weighted by atomic mass is 35.5. The molecular formula is C20H18ClF3N2O3. The van der Waals surface area contributed by atoms with Crippen LogP contribution in [0.15, 0.2) is 42.5 Å². The molecule has 3 rings (SSSR count). The van der Waals surface area contributed by atoms with Crippen molar-refractivity contribution in [3.63, 3.8) is 0 Å². The molecule has 1 saturated heterocycles. The number of methoxy groups -OCH3 is 1. The van der Waals surface area contributed by atoms with Crippen molar-refractivity contribution in [2.24, 2.45) is 0 Å². The minimum absolute atomic E-state index is 0.175. The van der Waals surface area contributed by atoms with Crippen LogP contribution in [-0.4, -0.2) is 54.9 Å². The van der Waals surface area contributed by atoms with Crippen LogP contribution in [0.3, 0.4) is 0 Å². The van der Waals surface area contributed by atoms with Gasteiger partial charge in [-0.25, -0.2) is 0 Å². The van der Waals surface area contributed by atoms with Crippen LogP contribution in [0.4, 0.5) is 13.2 Å². The molecule has 0 saturated carbocycles. The van der Waals surface area contributed by atoms with Gasteiger partial charge in [0.1, 0.15) is 5.75 Å². The van der Waals surface area contributed by atoms with E-state index in [0.717, 1.165) is 12.1 Å². The third-order valence-electron chi connectivity index (χ3n) is 4.71. The highest BCUT2D eigenvalue weighted by Crippen LogP contribution is 2.29. The van der Waals surface area contributed by atoms with Gasteiger partial charge < -0.3 is 14.5 Å². The van der Waals surface area contributed by atoms with Gasteiger partial charge in [0.15, 0.2) is 0 Å². The van der Waals surface area contributed by atoms with Crippen LogP contribution < -0.4 is 4.74 Å². The summed E-state index contributed by atoms with van der Waals surface area (Å²) < 4.78 is 43.2. The average Bonchev–Trinajstić information content (AvgIpc) is 2.72. The largest absolute Gasteiger partial charge is 0.496 e. The van der Waals surface area contributed by atoms with Gasteiger partial charge >= 0.3 is 6.18 Å². The van der Waals surface area contributed by atoms with Gasteiger partial charge in [-0.15, -0.1) is 0 Å². The Hall–Kier alpha value is -2.74. The number of rotatable bonds is 3. The number of carbonyl (C=O) groups is 2. The summed E-state index contributed by atoms with van der Waals surface area (Å²) >= 11 is 5.98. The Morgan fingerprint density at radius 3 is 2.00 bits per heavy atom. The van der Waals surface area contributed by atoms with Crippen LogP contribution in [0.2, 0.25) is 5.02 Å². The van der Waals surface area contributed by atoms with Crippen LogP contribution in [0.5, 0.6) is 5.75 Å². The zero-order chi connectivity index (χ0) is 21.2. The van der Waals surface area contributed by atoms with Gasteiger partial charge in [0, 0.05) is 36.8 Å². The molecule has 2 aromatic rings. The number of alkyl halides is 3. The lowest BCUT2D eigenvalue weighted by molar-refractivity contribution is -0.137. The van der Waals surface area contributed by atoms with E-state index in [4.69, 9.17) is 16.3 Å². The molecule has 0 bridgehead atoms. The first-order chi connectivity index (χ1) is 13.7. The Labute approximate surface area is 170 Å². The van der Waals surface area contributed by atoms with E-state index in [1.165, 1.54) is 30.2 Å². The lowest BCUT2D eigenvalue weighted by Gasteiger charge is -2.35. The van der Waals surface area contributed by atoms with Crippen molar-refractivity contribution < 1.29 is 27.5 Å². The molecule has 0 aliphatic carbocycles. The van der Waals surface area contributed by atoms with E-state index in [9.17, 15) is 22.8 Å².